The van der Waals surface area contributed by atoms with E-state index in [-0.39, 0.29) is 24.7 Å². The van der Waals surface area contributed by atoms with Gasteiger partial charge < -0.3 is 14.4 Å². The van der Waals surface area contributed by atoms with Crippen molar-refractivity contribution >= 4 is 11.9 Å². The lowest BCUT2D eigenvalue weighted by atomic mass is 10.1. The van der Waals surface area contributed by atoms with Crippen molar-refractivity contribution in [3.63, 3.8) is 0 Å². The minimum Gasteiger partial charge on any atom is -0.496 e. The summed E-state index contributed by atoms with van der Waals surface area (Å²) in [4.78, 5) is 24.7. The van der Waals surface area contributed by atoms with Crippen LogP contribution in [0.3, 0.4) is 0 Å². The molecule has 0 N–H and O–H groups in total. The van der Waals surface area contributed by atoms with Crippen molar-refractivity contribution in [3.8, 4) is 5.75 Å². The molecule has 0 unspecified atom stereocenters. The van der Waals surface area contributed by atoms with Crippen LogP contribution in [0.15, 0.2) is 18.2 Å². The van der Waals surface area contributed by atoms with Crippen molar-refractivity contribution in [2.24, 2.45) is 0 Å². The maximum Gasteiger partial charge on any atom is 0.307 e. The first kappa shape index (κ1) is 16.0. The molecule has 0 aliphatic heterocycles. The molecule has 110 valence electrons. The van der Waals surface area contributed by atoms with E-state index in [2.05, 4.69) is 4.74 Å². The number of hydrogen-bond acceptors (Lipinski definition) is 4. The molecule has 1 aromatic rings. The summed E-state index contributed by atoms with van der Waals surface area (Å²) in [5.74, 6) is 0.320. The Morgan fingerprint density at radius 3 is 2.55 bits per heavy atom. The van der Waals surface area contributed by atoms with Crippen LogP contribution >= 0.6 is 0 Å². The molecule has 1 rings (SSSR count). The van der Waals surface area contributed by atoms with Crippen molar-refractivity contribution in [2.45, 2.75) is 19.8 Å². The molecule has 0 atom stereocenters. The van der Waals surface area contributed by atoms with Crippen molar-refractivity contribution in [2.75, 3.05) is 27.8 Å². The minimum absolute atomic E-state index is 0.0576. The standard InChI is InChI=1S/C15H21NO4/c1-11-5-6-13(19-3)12(9-11)10-14(17)16(2)8-7-15(18)20-4/h5-6,9H,7-8,10H2,1-4H3. The number of ether oxygens (including phenoxy) is 2. The second kappa shape index (κ2) is 7.53. The van der Waals surface area contributed by atoms with Gasteiger partial charge in [-0.2, -0.15) is 0 Å². The molecule has 1 aromatic carbocycles. The Morgan fingerprint density at radius 2 is 1.95 bits per heavy atom. The summed E-state index contributed by atoms with van der Waals surface area (Å²) < 4.78 is 9.81. The Balaban J connectivity index is 2.65. The SMILES string of the molecule is COC(=O)CCN(C)C(=O)Cc1cc(C)ccc1OC. The molecule has 20 heavy (non-hydrogen) atoms. The average molecular weight is 279 g/mol. The average Bonchev–Trinajstić information content (AvgIpc) is 2.44. The van der Waals surface area contributed by atoms with Gasteiger partial charge in [0.15, 0.2) is 0 Å². The predicted molar refractivity (Wildman–Crippen MR) is 75.7 cm³/mol. The van der Waals surface area contributed by atoms with Gasteiger partial charge in [0.25, 0.3) is 0 Å². The summed E-state index contributed by atoms with van der Waals surface area (Å²) in [6, 6.07) is 5.73. The van der Waals surface area contributed by atoms with E-state index in [1.165, 1.54) is 12.0 Å². The van der Waals surface area contributed by atoms with E-state index in [1.54, 1.807) is 14.2 Å². The maximum absolute atomic E-state index is 12.1. The molecule has 0 aliphatic carbocycles. The van der Waals surface area contributed by atoms with Crippen LogP contribution in [-0.4, -0.2) is 44.6 Å². The van der Waals surface area contributed by atoms with E-state index >= 15 is 0 Å². The van der Waals surface area contributed by atoms with Crippen LogP contribution in [0.1, 0.15) is 17.5 Å². The zero-order valence-electron chi connectivity index (χ0n) is 12.4. The summed E-state index contributed by atoms with van der Waals surface area (Å²) in [5, 5.41) is 0. The number of methoxy groups -OCH3 is 2. The molecule has 0 aliphatic rings. The molecule has 0 heterocycles. The molecule has 0 fully saturated rings. The van der Waals surface area contributed by atoms with Crippen LogP contribution in [-0.2, 0) is 20.7 Å². The second-order valence-corrected chi connectivity index (χ2v) is 4.63. The molecule has 0 saturated heterocycles. The minimum atomic E-state index is -0.321. The van der Waals surface area contributed by atoms with Crippen LogP contribution in [0.5, 0.6) is 5.75 Å². The Morgan fingerprint density at radius 1 is 1.25 bits per heavy atom. The Bertz CT molecular complexity index is 485. The third-order valence-corrected chi connectivity index (χ3v) is 3.08. The first-order valence-corrected chi connectivity index (χ1v) is 6.42. The molecule has 5 heteroatoms. The number of likely N-dealkylation sites (N-methyl/N-ethyl adjacent to an activating group) is 1. The highest BCUT2D eigenvalue weighted by Gasteiger charge is 2.14. The third-order valence-electron chi connectivity index (χ3n) is 3.08. The quantitative estimate of drug-likeness (QED) is 0.742. The van der Waals surface area contributed by atoms with Gasteiger partial charge in [0.1, 0.15) is 5.75 Å². The monoisotopic (exact) mass is 279 g/mol. The van der Waals surface area contributed by atoms with Gasteiger partial charge in [-0.3, -0.25) is 9.59 Å². The zero-order valence-corrected chi connectivity index (χ0v) is 12.4. The van der Waals surface area contributed by atoms with E-state index in [1.807, 2.05) is 25.1 Å². The number of amides is 1. The Labute approximate surface area is 119 Å². The van der Waals surface area contributed by atoms with E-state index in [0.717, 1.165) is 11.1 Å². The fourth-order valence-electron chi connectivity index (χ4n) is 1.83. The molecule has 1 amide bonds. The number of nitrogens with zero attached hydrogens (tertiary/aromatic N) is 1. The first-order valence-electron chi connectivity index (χ1n) is 6.42. The van der Waals surface area contributed by atoms with Crippen molar-refractivity contribution in [3.05, 3.63) is 29.3 Å². The third kappa shape index (κ3) is 4.57. The van der Waals surface area contributed by atoms with Crippen LogP contribution < -0.4 is 4.74 Å². The number of rotatable bonds is 6. The van der Waals surface area contributed by atoms with E-state index in [4.69, 9.17) is 4.74 Å². The van der Waals surface area contributed by atoms with E-state index in [0.29, 0.717) is 12.3 Å². The molecule has 0 aromatic heterocycles. The fourth-order valence-corrected chi connectivity index (χ4v) is 1.83. The van der Waals surface area contributed by atoms with Gasteiger partial charge in [0, 0.05) is 19.2 Å². The first-order chi connectivity index (χ1) is 9.47. The highest BCUT2D eigenvalue weighted by molar-refractivity contribution is 5.80. The van der Waals surface area contributed by atoms with Gasteiger partial charge in [-0.25, -0.2) is 0 Å². The molecule has 0 radical (unpaired) electrons. The van der Waals surface area contributed by atoms with Gasteiger partial charge in [0.2, 0.25) is 5.91 Å². The number of carbonyl (C=O) groups is 2. The number of esters is 1. The number of aryl methyl sites for hydroxylation is 1. The fraction of sp³-hybridized carbons (Fsp3) is 0.467. The summed E-state index contributed by atoms with van der Waals surface area (Å²) in [5.41, 5.74) is 1.92. The van der Waals surface area contributed by atoms with Gasteiger partial charge in [0.05, 0.1) is 27.1 Å². The molecular formula is C15H21NO4. The Hall–Kier alpha value is -2.04. The lowest BCUT2D eigenvalue weighted by molar-refractivity contribution is -0.141. The highest BCUT2D eigenvalue weighted by atomic mass is 16.5. The maximum atomic E-state index is 12.1. The van der Waals surface area contributed by atoms with Gasteiger partial charge in [-0.05, 0) is 13.0 Å². The molecule has 0 spiro atoms. The predicted octanol–water partition coefficient (Wildman–Crippen LogP) is 1.57. The lowest BCUT2D eigenvalue weighted by Crippen LogP contribution is -2.30. The highest BCUT2D eigenvalue weighted by Crippen LogP contribution is 2.20. The summed E-state index contributed by atoms with van der Waals surface area (Å²) in [6.45, 7) is 2.31. The number of hydrogen-bond donors (Lipinski definition) is 0. The normalized spacial score (nSPS) is 10.0. The second-order valence-electron chi connectivity index (χ2n) is 4.63. The molecular weight excluding hydrogens is 258 g/mol. The largest absolute Gasteiger partial charge is 0.496 e. The van der Waals surface area contributed by atoms with Gasteiger partial charge in [-0.1, -0.05) is 17.7 Å². The summed E-state index contributed by atoms with van der Waals surface area (Å²) in [6.07, 6.45) is 0.451. The van der Waals surface area contributed by atoms with E-state index < -0.39 is 0 Å². The number of benzene rings is 1. The van der Waals surface area contributed by atoms with Crippen LogP contribution in [0.4, 0.5) is 0 Å². The zero-order chi connectivity index (χ0) is 15.1. The van der Waals surface area contributed by atoms with Gasteiger partial charge >= 0.3 is 5.97 Å². The van der Waals surface area contributed by atoms with Crippen molar-refractivity contribution in [1.29, 1.82) is 0 Å². The van der Waals surface area contributed by atoms with Crippen molar-refractivity contribution in [1.82, 2.24) is 4.90 Å². The Kier molecular flexibility index (Phi) is 6.03. The smallest absolute Gasteiger partial charge is 0.307 e. The van der Waals surface area contributed by atoms with Crippen LogP contribution in [0.2, 0.25) is 0 Å². The van der Waals surface area contributed by atoms with Crippen molar-refractivity contribution < 1.29 is 19.1 Å². The lowest BCUT2D eigenvalue weighted by Gasteiger charge is -2.17. The molecule has 0 saturated carbocycles. The topological polar surface area (TPSA) is 55.8 Å². The van der Waals surface area contributed by atoms with Crippen LogP contribution in [0.25, 0.3) is 0 Å². The van der Waals surface area contributed by atoms with E-state index in [9.17, 15) is 9.59 Å². The van der Waals surface area contributed by atoms with Gasteiger partial charge in [-0.15, -0.1) is 0 Å². The van der Waals surface area contributed by atoms with Crippen LogP contribution in [0, 0.1) is 6.92 Å². The number of carbonyl (C=O) groups excluding carboxylic acids is 2. The molecule has 5 nitrogen and oxygen atoms in total. The summed E-state index contributed by atoms with van der Waals surface area (Å²) >= 11 is 0. The summed E-state index contributed by atoms with van der Waals surface area (Å²) in [7, 11) is 4.59. The molecule has 0 bridgehead atoms.